The molecule has 0 bridgehead atoms. The number of carbonyl (C=O) groups is 1. The van der Waals surface area contributed by atoms with E-state index < -0.39 is 0 Å². The maximum absolute atomic E-state index is 11.8. The molecular formula is C16H21NOS. The number of Topliss-reactive ketones (excluding diaryl/α,β-unsaturated/α-hetero) is 1. The number of rotatable bonds is 2. The highest BCUT2D eigenvalue weighted by Crippen LogP contribution is 2.37. The van der Waals surface area contributed by atoms with Crippen LogP contribution in [-0.2, 0) is 16.6 Å². The molecule has 1 saturated heterocycles. The fourth-order valence-corrected chi connectivity index (χ4v) is 4.29. The van der Waals surface area contributed by atoms with Crippen molar-refractivity contribution in [3.63, 3.8) is 0 Å². The van der Waals surface area contributed by atoms with Crippen LogP contribution in [0.15, 0.2) is 23.1 Å². The molecule has 0 saturated carbocycles. The summed E-state index contributed by atoms with van der Waals surface area (Å²) in [6.45, 7) is 4.46. The molecular weight excluding hydrogens is 254 g/mol. The van der Waals surface area contributed by atoms with Gasteiger partial charge in [-0.2, -0.15) is 0 Å². The molecule has 0 aliphatic carbocycles. The summed E-state index contributed by atoms with van der Waals surface area (Å²) >= 11 is 1.83. The second-order valence-corrected chi connectivity index (χ2v) is 6.83. The molecule has 1 aromatic rings. The monoisotopic (exact) mass is 275 g/mol. The first-order chi connectivity index (χ1) is 9.23. The zero-order valence-electron chi connectivity index (χ0n) is 11.5. The Morgan fingerprint density at radius 2 is 2.32 bits per heavy atom. The van der Waals surface area contributed by atoms with Crippen molar-refractivity contribution >= 4 is 17.5 Å². The van der Waals surface area contributed by atoms with Gasteiger partial charge < -0.3 is 5.32 Å². The van der Waals surface area contributed by atoms with E-state index in [1.54, 1.807) is 0 Å². The van der Waals surface area contributed by atoms with E-state index in [9.17, 15) is 4.79 Å². The highest BCUT2D eigenvalue weighted by molar-refractivity contribution is 7.99. The Kier molecular flexibility index (Phi) is 3.68. The molecule has 3 rings (SSSR count). The Labute approximate surface area is 119 Å². The van der Waals surface area contributed by atoms with Gasteiger partial charge in [-0.3, -0.25) is 4.79 Å². The van der Waals surface area contributed by atoms with Gasteiger partial charge in [0.25, 0.3) is 0 Å². The average molecular weight is 275 g/mol. The summed E-state index contributed by atoms with van der Waals surface area (Å²) < 4.78 is 0. The molecule has 0 spiro atoms. The van der Waals surface area contributed by atoms with E-state index >= 15 is 0 Å². The van der Waals surface area contributed by atoms with E-state index in [1.165, 1.54) is 28.9 Å². The van der Waals surface area contributed by atoms with Crippen LogP contribution in [0.25, 0.3) is 0 Å². The molecule has 2 nitrogen and oxygen atoms in total. The van der Waals surface area contributed by atoms with Gasteiger partial charge in [0.05, 0.1) is 0 Å². The summed E-state index contributed by atoms with van der Waals surface area (Å²) in [6.07, 6.45) is 3.72. The smallest absolute Gasteiger partial charge is 0.138 e. The van der Waals surface area contributed by atoms with Gasteiger partial charge in [0.15, 0.2) is 0 Å². The van der Waals surface area contributed by atoms with Crippen molar-refractivity contribution in [2.24, 2.45) is 0 Å². The summed E-state index contributed by atoms with van der Waals surface area (Å²) in [4.78, 5) is 13.1. The first-order valence-corrected chi connectivity index (χ1v) is 8.21. The number of fused-ring (bicyclic) bond motifs is 1. The molecule has 1 aromatic carbocycles. The number of thioether (sulfide) groups is 1. The molecule has 0 radical (unpaired) electrons. The maximum atomic E-state index is 11.8. The molecule has 2 heterocycles. The Morgan fingerprint density at radius 3 is 3.05 bits per heavy atom. The predicted octanol–water partition coefficient (Wildman–Crippen LogP) is 2.94. The SMILES string of the molecule is CCC1(c2ccc3c(c2)CC(=O)CCS3)CCNC1. The zero-order valence-corrected chi connectivity index (χ0v) is 12.3. The summed E-state index contributed by atoms with van der Waals surface area (Å²) in [6, 6.07) is 6.84. The molecule has 2 aliphatic rings. The highest BCUT2D eigenvalue weighted by atomic mass is 32.2. The van der Waals surface area contributed by atoms with Gasteiger partial charge in [-0.05, 0) is 36.6 Å². The average Bonchev–Trinajstić information content (AvgIpc) is 2.82. The molecule has 2 aliphatic heterocycles. The topological polar surface area (TPSA) is 29.1 Å². The second kappa shape index (κ2) is 5.29. The van der Waals surface area contributed by atoms with Crippen LogP contribution >= 0.6 is 11.8 Å². The summed E-state index contributed by atoms with van der Waals surface area (Å²) in [7, 11) is 0. The predicted molar refractivity (Wildman–Crippen MR) is 79.9 cm³/mol. The maximum Gasteiger partial charge on any atom is 0.138 e. The van der Waals surface area contributed by atoms with Crippen LogP contribution in [-0.4, -0.2) is 24.6 Å². The Hall–Kier alpha value is -0.800. The van der Waals surface area contributed by atoms with Crippen molar-refractivity contribution in [1.82, 2.24) is 5.32 Å². The second-order valence-electron chi connectivity index (χ2n) is 5.70. The van der Waals surface area contributed by atoms with E-state index in [1.807, 2.05) is 11.8 Å². The number of carbonyl (C=O) groups excluding carboxylic acids is 1. The number of hydrogen-bond donors (Lipinski definition) is 1. The minimum Gasteiger partial charge on any atom is -0.316 e. The van der Waals surface area contributed by atoms with Crippen molar-refractivity contribution in [2.75, 3.05) is 18.8 Å². The third-order valence-corrected chi connectivity index (χ3v) is 5.74. The van der Waals surface area contributed by atoms with Crippen molar-refractivity contribution in [3.8, 4) is 0 Å². The Morgan fingerprint density at radius 1 is 1.42 bits per heavy atom. The molecule has 0 amide bonds. The van der Waals surface area contributed by atoms with Gasteiger partial charge in [-0.15, -0.1) is 11.8 Å². The van der Waals surface area contributed by atoms with Crippen LogP contribution in [0.3, 0.4) is 0 Å². The first-order valence-electron chi connectivity index (χ1n) is 7.22. The minimum atomic E-state index is 0.287. The number of benzene rings is 1. The normalized spacial score (nSPS) is 27.1. The molecule has 1 fully saturated rings. The Bertz CT molecular complexity index is 492. The summed E-state index contributed by atoms with van der Waals surface area (Å²) in [5.41, 5.74) is 2.97. The number of ketones is 1. The first kappa shape index (κ1) is 13.2. The highest BCUT2D eigenvalue weighted by Gasteiger charge is 2.34. The van der Waals surface area contributed by atoms with Crippen molar-refractivity contribution in [3.05, 3.63) is 29.3 Å². The van der Waals surface area contributed by atoms with Gasteiger partial charge in [-0.25, -0.2) is 0 Å². The quantitative estimate of drug-likeness (QED) is 0.900. The summed E-state index contributed by atoms with van der Waals surface area (Å²) in [5, 5.41) is 3.49. The van der Waals surface area contributed by atoms with Crippen LogP contribution < -0.4 is 5.32 Å². The van der Waals surface area contributed by atoms with E-state index in [0.29, 0.717) is 12.2 Å². The molecule has 19 heavy (non-hydrogen) atoms. The van der Waals surface area contributed by atoms with Crippen LogP contribution in [0, 0.1) is 0 Å². The Balaban J connectivity index is 1.98. The lowest BCUT2D eigenvalue weighted by Crippen LogP contribution is -2.28. The fraction of sp³-hybridized carbons (Fsp3) is 0.562. The van der Waals surface area contributed by atoms with Crippen molar-refractivity contribution < 1.29 is 4.79 Å². The molecule has 0 aromatic heterocycles. The van der Waals surface area contributed by atoms with Gasteiger partial charge >= 0.3 is 0 Å². The van der Waals surface area contributed by atoms with E-state index in [2.05, 4.69) is 30.4 Å². The van der Waals surface area contributed by atoms with Gasteiger partial charge in [-0.1, -0.05) is 19.1 Å². The standard InChI is InChI=1S/C16H21NOS/c1-2-16(6-7-17-11-16)13-3-4-15-12(9-13)10-14(18)5-8-19-15/h3-4,9,17H,2,5-8,10-11H2,1H3. The van der Waals surface area contributed by atoms with Crippen molar-refractivity contribution in [1.29, 1.82) is 0 Å². The molecule has 3 heteroatoms. The lowest BCUT2D eigenvalue weighted by molar-refractivity contribution is -0.118. The van der Waals surface area contributed by atoms with E-state index in [-0.39, 0.29) is 5.41 Å². The summed E-state index contributed by atoms with van der Waals surface area (Å²) in [5.74, 6) is 1.32. The van der Waals surface area contributed by atoms with E-state index in [4.69, 9.17) is 0 Å². The van der Waals surface area contributed by atoms with E-state index in [0.717, 1.165) is 25.3 Å². The largest absolute Gasteiger partial charge is 0.316 e. The molecule has 1 unspecified atom stereocenters. The number of nitrogens with one attached hydrogen (secondary N) is 1. The van der Waals surface area contributed by atoms with Crippen LogP contribution in [0.1, 0.15) is 37.3 Å². The third kappa shape index (κ3) is 2.46. The molecule has 102 valence electrons. The van der Waals surface area contributed by atoms with Gasteiger partial charge in [0, 0.05) is 35.4 Å². The van der Waals surface area contributed by atoms with Crippen LogP contribution in [0.2, 0.25) is 0 Å². The lowest BCUT2D eigenvalue weighted by atomic mass is 9.77. The van der Waals surface area contributed by atoms with Gasteiger partial charge in [0.1, 0.15) is 5.78 Å². The van der Waals surface area contributed by atoms with Gasteiger partial charge in [0.2, 0.25) is 0 Å². The molecule has 1 N–H and O–H groups in total. The fourth-order valence-electron chi connectivity index (χ4n) is 3.26. The van der Waals surface area contributed by atoms with Crippen LogP contribution in [0.5, 0.6) is 0 Å². The molecule has 1 atom stereocenters. The zero-order chi connectivity index (χ0) is 13.3. The third-order valence-electron chi connectivity index (χ3n) is 4.62. The lowest BCUT2D eigenvalue weighted by Gasteiger charge is -2.28. The number of hydrogen-bond acceptors (Lipinski definition) is 3. The van der Waals surface area contributed by atoms with Crippen LogP contribution in [0.4, 0.5) is 0 Å². The minimum absolute atomic E-state index is 0.287. The van der Waals surface area contributed by atoms with Crippen molar-refractivity contribution in [2.45, 2.75) is 42.9 Å².